The van der Waals surface area contributed by atoms with E-state index in [1.165, 1.54) is 4.90 Å². The Hall–Kier alpha value is -2.37. The Morgan fingerprint density at radius 1 is 1.00 bits per heavy atom. The number of nitrogens with two attached hydrogens (primary N) is 1. The second kappa shape index (κ2) is 7.89. The normalized spacial score (nSPS) is 13.3. The number of benzene rings is 2. The number of amides is 2. The van der Waals surface area contributed by atoms with Gasteiger partial charge in [0.05, 0.1) is 16.8 Å². The average molecular weight is 372 g/mol. The molecule has 0 aromatic heterocycles. The Morgan fingerprint density at radius 2 is 1.77 bits per heavy atom. The molecule has 2 amide bonds. The fraction of sp³-hybridized carbons (Fsp3) is 0.300. The van der Waals surface area contributed by atoms with Crippen molar-refractivity contribution in [2.24, 2.45) is 5.73 Å². The second-order valence-electron chi connectivity index (χ2n) is 6.41. The van der Waals surface area contributed by atoms with Gasteiger partial charge in [0.25, 0.3) is 11.8 Å². The Labute approximate surface area is 158 Å². The zero-order valence-corrected chi connectivity index (χ0v) is 15.5. The van der Waals surface area contributed by atoms with Crippen molar-refractivity contribution in [1.82, 2.24) is 0 Å². The Bertz CT molecular complexity index is 851. The van der Waals surface area contributed by atoms with Crippen molar-refractivity contribution < 1.29 is 9.59 Å². The number of imide groups is 1. The van der Waals surface area contributed by atoms with Gasteiger partial charge < -0.3 is 11.1 Å². The molecule has 1 aliphatic rings. The predicted octanol–water partition coefficient (Wildman–Crippen LogP) is 3.99. The molecule has 0 saturated carbocycles. The molecule has 3 rings (SSSR count). The maximum absolute atomic E-state index is 12.7. The van der Waals surface area contributed by atoms with Gasteiger partial charge in [-0.3, -0.25) is 9.59 Å². The first kappa shape index (κ1) is 18.4. The molecule has 0 atom stereocenters. The highest BCUT2D eigenvalue weighted by molar-refractivity contribution is 6.36. The summed E-state index contributed by atoms with van der Waals surface area (Å²) in [4.78, 5) is 26.6. The van der Waals surface area contributed by atoms with Gasteiger partial charge in [-0.1, -0.05) is 18.0 Å². The van der Waals surface area contributed by atoms with Crippen LogP contribution in [0.2, 0.25) is 5.02 Å². The van der Waals surface area contributed by atoms with Crippen LogP contribution in [0, 0.1) is 6.92 Å². The number of nitrogens with zero attached hydrogens (tertiary/aromatic N) is 1. The van der Waals surface area contributed by atoms with Crippen LogP contribution in [-0.4, -0.2) is 24.9 Å². The number of nitrogens with one attached hydrogen (secondary N) is 1. The lowest BCUT2D eigenvalue weighted by Crippen LogP contribution is -2.30. The summed E-state index contributed by atoms with van der Waals surface area (Å²) in [6.07, 6.45) is 3.18. The molecule has 0 unspecified atom stereocenters. The minimum atomic E-state index is -0.335. The van der Waals surface area contributed by atoms with Gasteiger partial charge in [-0.25, -0.2) is 4.90 Å². The van der Waals surface area contributed by atoms with Gasteiger partial charge in [-0.2, -0.15) is 0 Å². The number of hydrogen-bond donors (Lipinski definition) is 2. The van der Waals surface area contributed by atoms with Crippen LogP contribution in [0.5, 0.6) is 0 Å². The van der Waals surface area contributed by atoms with Crippen molar-refractivity contribution in [3.05, 3.63) is 58.1 Å². The van der Waals surface area contributed by atoms with Gasteiger partial charge in [0.15, 0.2) is 0 Å². The second-order valence-corrected chi connectivity index (χ2v) is 6.85. The third kappa shape index (κ3) is 3.59. The summed E-state index contributed by atoms with van der Waals surface area (Å²) in [7, 11) is 0. The number of unbranched alkanes of at least 4 members (excludes halogenated alkanes) is 2. The van der Waals surface area contributed by atoms with Crippen LogP contribution in [0.15, 0.2) is 36.4 Å². The average Bonchev–Trinajstić information content (AvgIpc) is 2.86. The number of carbonyl (C=O) groups is 2. The molecule has 0 bridgehead atoms. The van der Waals surface area contributed by atoms with E-state index >= 15 is 0 Å². The van der Waals surface area contributed by atoms with Gasteiger partial charge >= 0.3 is 0 Å². The number of anilines is 2. The highest BCUT2D eigenvalue weighted by Crippen LogP contribution is 2.33. The SMILES string of the molecule is Cc1cc(NCCCCCN)ccc1N1C(=O)c2ccc(Cl)cc2C1=O. The van der Waals surface area contributed by atoms with Crippen molar-refractivity contribution in [3.63, 3.8) is 0 Å². The molecule has 136 valence electrons. The highest BCUT2D eigenvalue weighted by atomic mass is 35.5. The number of rotatable bonds is 7. The van der Waals surface area contributed by atoms with Gasteiger partial charge in [-0.05, 0) is 68.3 Å². The number of hydrogen-bond acceptors (Lipinski definition) is 4. The minimum Gasteiger partial charge on any atom is -0.385 e. The first-order valence-corrected chi connectivity index (χ1v) is 9.13. The standard InChI is InChI=1S/C20H22ClN3O2/c1-13-11-15(23-10-4-2-3-9-22)6-8-18(13)24-19(25)16-7-5-14(21)12-17(16)20(24)26/h5-8,11-12,23H,2-4,9-10,22H2,1H3. The summed E-state index contributed by atoms with van der Waals surface area (Å²) in [6.45, 7) is 3.48. The van der Waals surface area contributed by atoms with Crippen LogP contribution in [0.1, 0.15) is 45.5 Å². The lowest BCUT2D eigenvalue weighted by Gasteiger charge is -2.18. The van der Waals surface area contributed by atoms with E-state index in [1.54, 1.807) is 24.3 Å². The number of aryl methyl sites for hydroxylation is 1. The summed E-state index contributed by atoms with van der Waals surface area (Å²) in [5.41, 5.74) is 8.66. The Kier molecular flexibility index (Phi) is 5.59. The topological polar surface area (TPSA) is 75.4 Å². The molecule has 0 saturated heterocycles. The maximum atomic E-state index is 12.7. The van der Waals surface area contributed by atoms with Crippen LogP contribution in [0.3, 0.4) is 0 Å². The summed E-state index contributed by atoms with van der Waals surface area (Å²) in [6, 6.07) is 10.4. The molecule has 1 heterocycles. The summed E-state index contributed by atoms with van der Waals surface area (Å²) >= 11 is 5.97. The van der Waals surface area contributed by atoms with E-state index in [1.807, 2.05) is 19.1 Å². The third-order valence-corrected chi connectivity index (χ3v) is 4.73. The van der Waals surface area contributed by atoms with E-state index in [-0.39, 0.29) is 11.8 Å². The smallest absolute Gasteiger partial charge is 0.266 e. The van der Waals surface area contributed by atoms with Crippen molar-refractivity contribution >= 4 is 34.8 Å². The number of halogens is 1. The summed E-state index contributed by atoms with van der Waals surface area (Å²) in [5, 5.41) is 3.80. The molecule has 0 fully saturated rings. The minimum absolute atomic E-state index is 0.313. The quantitative estimate of drug-likeness (QED) is 0.570. The van der Waals surface area contributed by atoms with Crippen LogP contribution in [-0.2, 0) is 0 Å². The van der Waals surface area contributed by atoms with Gasteiger partial charge in [0.1, 0.15) is 0 Å². The van der Waals surface area contributed by atoms with E-state index in [4.69, 9.17) is 17.3 Å². The molecule has 1 aliphatic heterocycles. The molecule has 0 radical (unpaired) electrons. The Morgan fingerprint density at radius 3 is 2.50 bits per heavy atom. The van der Waals surface area contributed by atoms with Crippen LogP contribution < -0.4 is 16.0 Å². The predicted molar refractivity (Wildman–Crippen MR) is 105 cm³/mol. The monoisotopic (exact) mass is 371 g/mol. The molecule has 0 aliphatic carbocycles. The molecule has 2 aromatic carbocycles. The molecule has 0 spiro atoms. The number of carbonyl (C=O) groups excluding carboxylic acids is 2. The molecular weight excluding hydrogens is 350 g/mol. The summed E-state index contributed by atoms with van der Waals surface area (Å²) < 4.78 is 0. The van der Waals surface area contributed by atoms with E-state index < -0.39 is 0 Å². The maximum Gasteiger partial charge on any atom is 0.266 e. The van der Waals surface area contributed by atoms with Crippen LogP contribution >= 0.6 is 11.6 Å². The molecule has 2 aromatic rings. The molecular formula is C20H22ClN3O2. The van der Waals surface area contributed by atoms with Gasteiger partial charge in [0, 0.05) is 17.3 Å². The lowest BCUT2D eigenvalue weighted by atomic mass is 10.1. The summed E-state index contributed by atoms with van der Waals surface area (Å²) in [5.74, 6) is -0.648. The number of fused-ring (bicyclic) bond motifs is 1. The van der Waals surface area contributed by atoms with Crippen molar-refractivity contribution in [1.29, 1.82) is 0 Å². The van der Waals surface area contributed by atoms with Crippen molar-refractivity contribution in [2.75, 3.05) is 23.3 Å². The highest BCUT2D eigenvalue weighted by Gasteiger charge is 2.37. The fourth-order valence-corrected chi connectivity index (χ4v) is 3.30. The lowest BCUT2D eigenvalue weighted by molar-refractivity contribution is 0.0926. The first-order valence-electron chi connectivity index (χ1n) is 8.76. The van der Waals surface area contributed by atoms with Crippen LogP contribution in [0.4, 0.5) is 11.4 Å². The molecule has 26 heavy (non-hydrogen) atoms. The zero-order chi connectivity index (χ0) is 18.7. The molecule has 3 N–H and O–H groups in total. The first-order chi connectivity index (χ1) is 12.5. The van der Waals surface area contributed by atoms with Crippen molar-refractivity contribution in [2.45, 2.75) is 26.2 Å². The van der Waals surface area contributed by atoms with E-state index in [9.17, 15) is 9.59 Å². The van der Waals surface area contributed by atoms with E-state index in [0.717, 1.165) is 43.6 Å². The van der Waals surface area contributed by atoms with Crippen molar-refractivity contribution in [3.8, 4) is 0 Å². The fourth-order valence-electron chi connectivity index (χ4n) is 3.13. The largest absolute Gasteiger partial charge is 0.385 e. The molecule has 5 nitrogen and oxygen atoms in total. The molecule has 6 heteroatoms. The Balaban J connectivity index is 1.76. The van der Waals surface area contributed by atoms with Crippen LogP contribution in [0.25, 0.3) is 0 Å². The van der Waals surface area contributed by atoms with E-state index in [0.29, 0.717) is 21.8 Å². The van der Waals surface area contributed by atoms with Gasteiger partial charge in [0.2, 0.25) is 0 Å². The van der Waals surface area contributed by atoms with E-state index in [2.05, 4.69) is 5.32 Å². The van der Waals surface area contributed by atoms with Gasteiger partial charge in [-0.15, -0.1) is 0 Å². The zero-order valence-electron chi connectivity index (χ0n) is 14.7. The third-order valence-electron chi connectivity index (χ3n) is 4.50.